The van der Waals surface area contributed by atoms with Crippen molar-refractivity contribution in [2.75, 3.05) is 6.54 Å². The third-order valence-electron chi connectivity index (χ3n) is 3.56. The second kappa shape index (κ2) is 6.33. The number of benzene rings is 1. The minimum atomic E-state index is -0.148. The monoisotopic (exact) mass is 300 g/mol. The molecule has 3 rings (SSSR count). The van der Waals surface area contributed by atoms with Crippen LogP contribution in [-0.2, 0) is 6.42 Å². The van der Waals surface area contributed by atoms with Gasteiger partial charge in [0.2, 0.25) is 0 Å². The fourth-order valence-corrected chi connectivity index (χ4v) is 3.28. The Morgan fingerprint density at radius 1 is 1.29 bits per heavy atom. The van der Waals surface area contributed by atoms with Crippen LogP contribution in [-0.4, -0.2) is 11.5 Å². The fourth-order valence-electron chi connectivity index (χ4n) is 2.49. The third kappa shape index (κ3) is 3.12. The molecule has 1 unspecified atom stereocenters. The zero-order valence-corrected chi connectivity index (χ0v) is 12.7. The highest BCUT2D eigenvalue weighted by atomic mass is 32.1. The number of rotatable bonds is 5. The normalized spacial score (nSPS) is 12.7. The highest BCUT2D eigenvalue weighted by molar-refractivity contribution is 7.17. The molecule has 2 aromatic heterocycles. The lowest BCUT2D eigenvalue weighted by molar-refractivity contribution is 0.527. The van der Waals surface area contributed by atoms with Gasteiger partial charge in [0.25, 0.3) is 0 Å². The molecule has 1 atom stereocenters. The zero-order chi connectivity index (χ0) is 14.7. The minimum Gasteiger partial charge on any atom is -0.310 e. The van der Waals surface area contributed by atoms with E-state index in [1.807, 2.05) is 29.8 Å². The highest BCUT2D eigenvalue weighted by Gasteiger charge is 2.14. The quantitative estimate of drug-likeness (QED) is 0.758. The Kier molecular flexibility index (Phi) is 4.27. The summed E-state index contributed by atoms with van der Waals surface area (Å²) in [5.74, 6) is -0.148. The maximum Gasteiger partial charge on any atom is 0.126 e. The van der Waals surface area contributed by atoms with Crippen LogP contribution >= 0.6 is 11.3 Å². The van der Waals surface area contributed by atoms with Gasteiger partial charge in [0.15, 0.2) is 0 Å². The first-order chi connectivity index (χ1) is 10.3. The van der Waals surface area contributed by atoms with Gasteiger partial charge in [-0.2, -0.15) is 0 Å². The van der Waals surface area contributed by atoms with Crippen molar-refractivity contribution in [1.29, 1.82) is 0 Å². The molecule has 0 aliphatic rings. The molecule has 0 saturated heterocycles. The lowest BCUT2D eigenvalue weighted by atomic mass is 9.99. The van der Waals surface area contributed by atoms with E-state index < -0.39 is 0 Å². The Bertz CT molecular complexity index is 738. The largest absolute Gasteiger partial charge is 0.310 e. The summed E-state index contributed by atoms with van der Waals surface area (Å²) in [6, 6.07) is 11.2. The third-order valence-corrected chi connectivity index (χ3v) is 4.41. The molecule has 21 heavy (non-hydrogen) atoms. The van der Waals surface area contributed by atoms with Crippen LogP contribution in [0.2, 0.25) is 0 Å². The summed E-state index contributed by atoms with van der Waals surface area (Å²) in [6.45, 7) is 2.90. The first-order valence-electron chi connectivity index (χ1n) is 7.08. The van der Waals surface area contributed by atoms with Gasteiger partial charge in [-0.3, -0.25) is 4.98 Å². The SMILES string of the molecule is CCNC(Cc1ccccc1F)c1cnc2ccsc2c1. The van der Waals surface area contributed by atoms with Crippen molar-refractivity contribution in [3.8, 4) is 0 Å². The first-order valence-corrected chi connectivity index (χ1v) is 7.96. The van der Waals surface area contributed by atoms with Crippen molar-refractivity contribution in [2.45, 2.75) is 19.4 Å². The molecule has 1 aromatic carbocycles. The van der Waals surface area contributed by atoms with E-state index in [0.29, 0.717) is 6.42 Å². The maximum absolute atomic E-state index is 13.9. The van der Waals surface area contributed by atoms with E-state index in [0.717, 1.165) is 23.2 Å². The molecule has 1 N–H and O–H groups in total. The van der Waals surface area contributed by atoms with E-state index in [1.165, 1.54) is 10.8 Å². The number of hydrogen-bond acceptors (Lipinski definition) is 3. The van der Waals surface area contributed by atoms with Crippen LogP contribution in [0.3, 0.4) is 0 Å². The van der Waals surface area contributed by atoms with E-state index in [2.05, 4.69) is 23.3 Å². The van der Waals surface area contributed by atoms with Gasteiger partial charge in [0.1, 0.15) is 5.82 Å². The number of hydrogen-bond donors (Lipinski definition) is 1. The van der Waals surface area contributed by atoms with Crippen LogP contribution in [0.25, 0.3) is 10.2 Å². The minimum absolute atomic E-state index is 0.0749. The van der Waals surface area contributed by atoms with Gasteiger partial charge >= 0.3 is 0 Å². The van der Waals surface area contributed by atoms with Crippen LogP contribution in [0.1, 0.15) is 24.1 Å². The van der Waals surface area contributed by atoms with Crippen molar-refractivity contribution < 1.29 is 4.39 Å². The second-order valence-corrected chi connectivity index (χ2v) is 5.93. The van der Waals surface area contributed by atoms with E-state index in [1.54, 1.807) is 17.4 Å². The average Bonchev–Trinajstić information content (AvgIpc) is 2.96. The first kappa shape index (κ1) is 14.2. The smallest absolute Gasteiger partial charge is 0.126 e. The van der Waals surface area contributed by atoms with Crippen LogP contribution in [0.5, 0.6) is 0 Å². The van der Waals surface area contributed by atoms with Gasteiger partial charge in [-0.05, 0) is 47.7 Å². The van der Waals surface area contributed by atoms with Crippen molar-refractivity contribution in [3.63, 3.8) is 0 Å². The summed E-state index contributed by atoms with van der Waals surface area (Å²) in [7, 11) is 0. The molecule has 108 valence electrons. The number of aromatic nitrogens is 1. The zero-order valence-electron chi connectivity index (χ0n) is 11.8. The Morgan fingerprint density at radius 2 is 2.14 bits per heavy atom. The standard InChI is InChI=1S/C17H17FN2S/c1-2-19-16(9-12-5-3-4-6-14(12)18)13-10-17-15(20-11-13)7-8-21-17/h3-8,10-11,16,19H,2,9H2,1H3. The molecule has 2 nitrogen and oxygen atoms in total. The molecule has 4 heteroatoms. The molecule has 0 spiro atoms. The van der Waals surface area contributed by atoms with Gasteiger partial charge in [0, 0.05) is 12.2 Å². The van der Waals surface area contributed by atoms with Gasteiger partial charge < -0.3 is 5.32 Å². The summed E-state index contributed by atoms with van der Waals surface area (Å²) < 4.78 is 15.0. The number of nitrogens with one attached hydrogen (secondary N) is 1. The average molecular weight is 300 g/mol. The summed E-state index contributed by atoms with van der Waals surface area (Å²) in [4.78, 5) is 4.49. The number of thiophene rings is 1. The van der Waals surface area contributed by atoms with Crippen molar-refractivity contribution in [2.24, 2.45) is 0 Å². The lowest BCUT2D eigenvalue weighted by Crippen LogP contribution is -2.23. The number of halogens is 1. The van der Waals surface area contributed by atoms with Crippen molar-refractivity contribution in [1.82, 2.24) is 10.3 Å². The molecule has 0 saturated carbocycles. The summed E-state index contributed by atoms with van der Waals surface area (Å²) in [6.07, 6.45) is 2.52. The van der Waals surface area contributed by atoms with E-state index in [-0.39, 0.29) is 11.9 Å². The molecular formula is C17H17FN2S. The molecular weight excluding hydrogens is 283 g/mol. The van der Waals surface area contributed by atoms with E-state index in [4.69, 9.17) is 0 Å². The number of nitrogens with zero attached hydrogens (tertiary/aromatic N) is 1. The van der Waals surface area contributed by atoms with Crippen LogP contribution in [0.15, 0.2) is 48.0 Å². The molecule has 0 aliphatic carbocycles. The molecule has 0 bridgehead atoms. The highest BCUT2D eigenvalue weighted by Crippen LogP contribution is 2.25. The van der Waals surface area contributed by atoms with E-state index >= 15 is 0 Å². The van der Waals surface area contributed by atoms with Crippen LogP contribution in [0, 0.1) is 5.82 Å². The van der Waals surface area contributed by atoms with Gasteiger partial charge in [-0.25, -0.2) is 4.39 Å². The number of pyridine rings is 1. The predicted octanol–water partition coefficient (Wildman–Crippen LogP) is 4.33. The summed E-state index contributed by atoms with van der Waals surface area (Å²) >= 11 is 1.68. The predicted molar refractivity (Wildman–Crippen MR) is 86.1 cm³/mol. The summed E-state index contributed by atoms with van der Waals surface area (Å²) in [5, 5.41) is 5.47. The lowest BCUT2D eigenvalue weighted by Gasteiger charge is -2.18. The summed E-state index contributed by atoms with van der Waals surface area (Å²) in [5.41, 5.74) is 2.86. The van der Waals surface area contributed by atoms with Crippen LogP contribution < -0.4 is 5.32 Å². The molecule has 2 heterocycles. The van der Waals surface area contributed by atoms with Crippen molar-refractivity contribution in [3.05, 3.63) is 64.9 Å². The Hall–Kier alpha value is -1.78. The Morgan fingerprint density at radius 3 is 2.95 bits per heavy atom. The van der Waals surface area contributed by atoms with Gasteiger partial charge in [-0.15, -0.1) is 11.3 Å². The van der Waals surface area contributed by atoms with Crippen molar-refractivity contribution >= 4 is 21.6 Å². The molecule has 3 aromatic rings. The maximum atomic E-state index is 13.9. The number of likely N-dealkylation sites (N-methyl/N-ethyl adjacent to an activating group) is 1. The Balaban J connectivity index is 1.91. The molecule has 0 amide bonds. The molecule has 0 radical (unpaired) electrons. The van der Waals surface area contributed by atoms with E-state index in [9.17, 15) is 4.39 Å². The topological polar surface area (TPSA) is 24.9 Å². The van der Waals surface area contributed by atoms with Crippen LogP contribution in [0.4, 0.5) is 4.39 Å². The second-order valence-electron chi connectivity index (χ2n) is 4.98. The van der Waals surface area contributed by atoms with Gasteiger partial charge in [0.05, 0.1) is 10.2 Å². The van der Waals surface area contributed by atoms with Gasteiger partial charge in [-0.1, -0.05) is 25.1 Å². The Labute approximate surface area is 127 Å². The molecule has 0 fully saturated rings. The fraction of sp³-hybridized carbons (Fsp3) is 0.235. The molecule has 0 aliphatic heterocycles. The number of fused-ring (bicyclic) bond motifs is 1.